The molecule has 0 bridgehead atoms. The van der Waals surface area contributed by atoms with Gasteiger partial charge in [-0.2, -0.15) is 0 Å². The van der Waals surface area contributed by atoms with Gasteiger partial charge in [-0.1, -0.05) is 12.1 Å². The number of fused-ring (bicyclic) bond motifs is 1. The van der Waals surface area contributed by atoms with Crippen molar-refractivity contribution in [3.8, 4) is 11.5 Å². The van der Waals surface area contributed by atoms with E-state index in [1.165, 1.54) is 0 Å². The summed E-state index contributed by atoms with van der Waals surface area (Å²) in [6.45, 7) is 6.31. The third-order valence-corrected chi connectivity index (χ3v) is 4.08. The van der Waals surface area contributed by atoms with Crippen LogP contribution in [0.1, 0.15) is 43.1 Å². The fraction of sp³-hybridized carbons (Fsp3) is 0.286. The molecule has 1 heterocycles. The average molecular weight is 382 g/mol. The second kappa shape index (κ2) is 8.56. The lowest BCUT2D eigenvalue weighted by Gasteiger charge is -2.15. The van der Waals surface area contributed by atoms with Crippen LogP contribution in [-0.2, 0) is 4.74 Å². The molecule has 2 aromatic carbocycles. The van der Waals surface area contributed by atoms with Gasteiger partial charge < -0.3 is 19.2 Å². The highest BCUT2D eigenvalue weighted by Crippen LogP contribution is 2.29. The molecule has 1 aromatic heterocycles. The van der Waals surface area contributed by atoms with Crippen molar-refractivity contribution in [1.29, 1.82) is 0 Å². The van der Waals surface area contributed by atoms with Gasteiger partial charge in [-0.15, -0.1) is 0 Å². The van der Waals surface area contributed by atoms with E-state index >= 15 is 0 Å². The van der Waals surface area contributed by atoms with E-state index in [-0.39, 0.29) is 11.4 Å². The molecule has 0 radical (unpaired) electrons. The Morgan fingerprint density at radius 1 is 1.07 bits per heavy atom. The number of rotatable bonds is 7. The molecule has 7 nitrogen and oxygen atoms in total. The molecule has 0 aliphatic rings. The Balaban J connectivity index is 1.82. The van der Waals surface area contributed by atoms with Gasteiger partial charge in [0.2, 0.25) is 0 Å². The van der Waals surface area contributed by atoms with Gasteiger partial charge in [-0.25, -0.2) is 9.78 Å². The second-order valence-electron chi connectivity index (χ2n) is 6.04. The molecule has 0 saturated carbocycles. The number of carbonyl (C=O) groups excluding carboxylic acids is 1. The zero-order valence-electron chi connectivity index (χ0n) is 16.0. The standard InChI is InChI=1S/C21H22N2O5/c1-4-26-17-11-10-14(12-18(17)27-5-2)21(25)28-13(3)19-22-16-9-7-6-8-15(16)20(24)23-19/h6-13H,4-5H2,1-3H3,(H,22,23,24)/t13-/m1/s1. The highest BCUT2D eigenvalue weighted by Gasteiger charge is 2.18. The van der Waals surface area contributed by atoms with Crippen LogP contribution in [0.3, 0.4) is 0 Å². The summed E-state index contributed by atoms with van der Waals surface area (Å²) < 4.78 is 16.5. The molecule has 0 fully saturated rings. The number of benzene rings is 2. The molecule has 0 spiro atoms. The number of hydrogen-bond acceptors (Lipinski definition) is 6. The van der Waals surface area contributed by atoms with E-state index in [9.17, 15) is 9.59 Å². The maximum absolute atomic E-state index is 12.6. The summed E-state index contributed by atoms with van der Waals surface area (Å²) in [6, 6.07) is 11.9. The molecular formula is C21H22N2O5. The molecular weight excluding hydrogens is 360 g/mol. The van der Waals surface area contributed by atoms with Crippen LogP contribution in [0.4, 0.5) is 0 Å². The number of para-hydroxylation sites is 1. The number of H-pyrrole nitrogens is 1. The lowest BCUT2D eigenvalue weighted by Crippen LogP contribution is -2.17. The van der Waals surface area contributed by atoms with Gasteiger partial charge in [0.05, 0.1) is 29.7 Å². The lowest BCUT2D eigenvalue weighted by molar-refractivity contribution is 0.0319. The molecule has 0 amide bonds. The molecule has 1 N–H and O–H groups in total. The smallest absolute Gasteiger partial charge is 0.338 e. The number of hydrogen-bond donors (Lipinski definition) is 1. The molecule has 146 valence electrons. The fourth-order valence-corrected chi connectivity index (χ4v) is 2.76. The van der Waals surface area contributed by atoms with Crippen molar-refractivity contribution in [2.75, 3.05) is 13.2 Å². The molecule has 0 aliphatic heterocycles. The van der Waals surface area contributed by atoms with E-state index in [0.717, 1.165) is 0 Å². The van der Waals surface area contributed by atoms with Crippen LogP contribution >= 0.6 is 0 Å². The topological polar surface area (TPSA) is 90.5 Å². The van der Waals surface area contributed by atoms with Crippen LogP contribution in [0.25, 0.3) is 10.9 Å². The first-order chi connectivity index (χ1) is 13.5. The predicted octanol–water partition coefficient (Wildman–Crippen LogP) is 3.64. The van der Waals surface area contributed by atoms with Gasteiger partial charge in [0.15, 0.2) is 23.4 Å². The Bertz CT molecular complexity index is 1040. The van der Waals surface area contributed by atoms with E-state index in [4.69, 9.17) is 14.2 Å². The number of carbonyl (C=O) groups is 1. The molecule has 28 heavy (non-hydrogen) atoms. The Labute approximate surface area is 162 Å². The van der Waals surface area contributed by atoms with Crippen molar-refractivity contribution in [1.82, 2.24) is 9.97 Å². The zero-order chi connectivity index (χ0) is 20.1. The summed E-state index contributed by atoms with van der Waals surface area (Å²) in [4.78, 5) is 31.8. The third-order valence-electron chi connectivity index (χ3n) is 4.08. The lowest BCUT2D eigenvalue weighted by atomic mass is 10.2. The van der Waals surface area contributed by atoms with Crippen LogP contribution in [-0.4, -0.2) is 29.2 Å². The number of ether oxygens (including phenoxy) is 3. The highest BCUT2D eigenvalue weighted by atomic mass is 16.5. The van der Waals surface area contributed by atoms with E-state index in [2.05, 4.69) is 9.97 Å². The van der Waals surface area contributed by atoms with E-state index in [0.29, 0.717) is 41.2 Å². The maximum atomic E-state index is 12.6. The molecule has 7 heteroatoms. The minimum Gasteiger partial charge on any atom is -0.490 e. The van der Waals surface area contributed by atoms with Crippen molar-refractivity contribution < 1.29 is 19.0 Å². The van der Waals surface area contributed by atoms with Gasteiger partial charge in [-0.3, -0.25) is 4.79 Å². The van der Waals surface area contributed by atoms with Gasteiger partial charge in [0.1, 0.15) is 0 Å². The molecule has 0 unspecified atom stereocenters. The Morgan fingerprint density at radius 3 is 2.54 bits per heavy atom. The summed E-state index contributed by atoms with van der Waals surface area (Å²) in [5, 5.41) is 0.484. The van der Waals surface area contributed by atoms with Gasteiger partial charge >= 0.3 is 5.97 Å². The first-order valence-corrected chi connectivity index (χ1v) is 9.13. The fourth-order valence-electron chi connectivity index (χ4n) is 2.76. The average Bonchev–Trinajstić information content (AvgIpc) is 2.69. The monoisotopic (exact) mass is 382 g/mol. The number of nitrogens with one attached hydrogen (secondary N) is 1. The second-order valence-corrected chi connectivity index (χ2v) is 6.04. The van der Waals surface area contributed by atoms with E-state index < -0.39 is 12.1 Å². The van der Waals surface area contributed by atoms with Crippen LogP contribution in [0.2, 0.25) is 0 Å². The molecule has 3 rings (SSSR count). The molecule has 0 saturated heterocycles. The Morgan fingerprint density at radius 2 is 1.79 bits per heavy atom. The minimum absolute atomic E-state index is 0.275. The highest BCUT2D eigenvalue weighted by molar-refractivity contribution is 5.90. The number of nitrogens with zero attached hydrogens (tertiary/aromatic N) is 1. The maximum Gasteiger partial charge on any atom is 0.338 e. The Hall–Kier alpha value is -3.35. The molecule has 1 atom stereocenters. The Kier molecular flexibility index (Phi) is 5.93. The van der Waals surface area contributed by atoms with Crippen molar-refractivity contribution in [3.63, 3.8) is 0 Å². The number of aromatic amines is 1. The summed E-state index contributed by atoms with van der Waals surface area (Å²) in [6.07, 6.45) is -0.730. The number of esters is 1. The number of aromatic nitrogens is 2. The quantitative estimate of drug-likeness (QED) is 0.628. The van der Waals surface area contributed by atoms with Gasteiger partial charge in [0, 0.05) is 0 Å². The first kappa shape index (κ1) is 19.4. The van der Waals surface area contributed by atoms with Gasteiger partial charge in [-0.05, 0) is 51.1 Å². The zero-order valence-corrected chi connectivity index (χ0v) is 16.0. The van der Waals surface area contributed by atoms with Gasteiger partial charge in [0.25, 0.3) is 5.56 Å². The SMILES string of the molecule is CCOc1ccc(C(=O)O[C@H](C)c2nc3ccccc3c(=O)[nH]2)cc1OCC. The largest absolute Gasteiger partial charge is 0.490 e. The van der Waals surface area contributed by atoms with Crippen LogP contribution in [0.5, 0.6) is 11.5 Å². The van der Waals surface area contributed by atoms with Crippen LogP contribution in [0, 0.1) is 0 Å². The van der Waals surface area contributed by atoms with E-state index in [1.807, 2.05) is 13.8 Å². The molecule has 3 aromatic rings. The van der Waals surface area contributed by atoms with Crippen molar-refractivity contribution in [3.05, 3.63) is 64.2 Å². The van der Waals surface area contributed by atoms with Crippen molar-refractivity contribution >= 4 is 16.9 Å². The minimum atomic E-state index is -0.730. The first-order valence-electron chi connectivity index (χ1n) is 9.13. The van der Waals surface area contributed by atoms with E-state index in [1.54, 1.807) is 49.4 Å². The normalized spacial score (nSPS) is 11.8. The summed E-state index contributed by atoms with van der Waals surface area (Å²) in [7, 11) is 0. The third kappa shape index (κ3) is 4.14. The molecule has 0 aliphatic carbocycles. The predicted molar refractivity (Wildman–Crippen MR) is 105 cm³/mol. The summed E-state index contributed by atoms with van der Waals surface area (Å²) in [5.74, 6) is 0.776. The summed E-state index contributed by atoms with van der Waals surface area (Å²) >= 11 is 0. The summed E-state index contributed by atoms with van der Waals surface area (Å²) in [5.41, 5.74) is 0.592. The van der Waals surface area contributed by atoms with Crippen LogP contribution < -0.4 is 15.0 Å². The van der Waals surface area contributed by atoms with Crippen molar-refractivity contribution in [2.45, 2.75) is 26.9 Å². The van der Waals surface area contributed by atoms with Crippen LogP contribution in [0.15, 0.2) is 47.3 Å². The van der Waals surface area contributed by atoms with Crippen molar-refractivity contribution in [2.24, 2.45) is 0 Å².